The van der Waals surface area contributed by atoms with E-state index in [2.05, 4.69) is 94.1 Å². The average molecular weight is 445 g/mol. The summed E-state index contributed by atoms with van der Waals surface area (Å²) in [6.07, 6.45) is 17.0. The minimum absolute atomic E-state index is 0.352. The summed E-state index contributed by atoms with van der Waals surface area (Å²) in [6, 6.07) is 13.3. The van der Waals surface area contributed by atoms with Crippen LogP contribution in [0.3, 0.4) is 0 Å². The Hall–Kier alpha value is -3.12. The molecule has 0 bridgehead atoms. The van der Waals surface area contributed by atoms with E-state index in [0.717, 1.165) is 32.1 Å². The molecule has 0 N–H and O–H groups in total. The van der Waals surface area contributed by atoms with E-state index in [1.54, 1.807) is 0 Å². The number of benzene rings is 2. The Balaban J connectivity index is 1.61. The van der Waals surface area contributed by atoms with Gasteiger partial charge in [0, 0.05) is 11.8 Å². The minimum Gasteiger partial charge on any atom is -0.0955 e. The molecule has 3 aliphatic rings. The average Bonchev–Trinajstić information content (AvgIpc) is 3.47. The molecule has 2 aromatic carbocycles. The first kappa shape index (κ1) is 22.7. The van der Waals surface area contributed by atoms with Gasteiger partial charge in [0.2, 0.25) is 0 Å². The van der Waals surface area contributed by atoms with Crippen molar-refractivity contribution in [3.05, 3.63) is 124 Å². The molecule has 2 unspecified atom stereocenters. The van der Waals surface area contributed by atoms with Crippen molar-refractivity contribution in [2.24, 2.45) is 11.8 Å². The highest BCUT2D eigenvalue weighted by molar-refractivity contribution is 5.93. The van der Waals surface area contributed by atoms with Gasteiger partial charge in [-0.3, -0.25) is 0 Å². The maximum absolute atomic E-state index is 4.73. The number of aryl methyl sites for hydroxylation is 1. The molecule has 1 fully saturated rings. The lowest BCUT2D eigenvalue weighted by atomic mass is 9.68. The first-order valence-corrected chi connectivity index (χ1v) is 12.9. The van der Waals surface area contributed by atoms with Crippen molar-refractivity contribution in [3.63, 3.8) is 0 Å². The summed E-state index contributed by atoms with van der Waals surface area (Å²) >= 11 is 0. The van der Waals surface area contributed by atoms with Crippen molar-refractivity contribution >= 4 is 16.8 Å². The van der Waals surface area contributed by atoms with Gasteiger partial charge >= 0.3 is 0 Å². The van der Waals surface area contributed by atoms with Crippen molar-refractivity contribution in [1.82, 2.24) is 0 Å². The largest absolute Gasteiger partial charge is 0.0955 e. The van der Waals surface area contributed by atoms with Gasteiger partial charge in [0.15, 0.2) is 0 Å². The standard InChI is InChI=1S/C34H36/c1-6-12-22(3)32-23(4)19-29-20-28(24(5)33(29)34(32)27-14-8-9-15-27)21-31-25(7-2)17-18-26-13-10-11-16-30(26)31/h8-11,13-14,16-19,21,33-34H,3,5-7,12,15,20H2,1-2,4H3. The number of rotatable bonds is 6. The molecule has 5 rings (SSSR count). The third-order valence-corrected chi connectivity index (χ3v) is 7.95. The molecule has 3 aliphatic carbocycles. The molecule has 0 spiro atoms. The molecule has 34 heavy (non-hydrogen) atoms. The van der Waals surface area contributed by atoms with E-state index >= 15 is 0 Å². The lowest BCUT2D eigenvalue weighted by Crippen LogP contribution is -2.24. The Kier molecular flexibility index (Phi) is 6.17. The lowest BCUT2D eigenvalue weighted by Gasteiger charge is -2.35. The molecular formula is C34H36. The van der Waals surface area contributed by atoms with E-state index < -0.39 is 0 Å². The molecule has 0 amide bonds. The Morgan fingerprint density at radius 3 is 2.62 bits per heavy atom. The van der Waals surface area contributed by atoms with Crippen LogP contribution in [0, 0.1) is 11.8 Å². The van der Waals surface area contributed by atoms with Crippen LogP contribution < -0.4 is 0 Å². The topological polar surface area (TPSA) is 0 Å². The van der Waals surface area contributed by atoms with Crippen LogP contribution in [0.1, 0.15) is 57.6 Å². The smallest absolute Gasteiger partial charge is 0.0166 e. The number of fused-ring (bicyclic) bond motifs is 2. The predicted octanol–water partition coefficient (Wildman–Crippen LogP) is 9.48. The first-order valence-electron chi connectivity index (χ1n) is 12.9. The summed E-state index contributed by atoms with van der Waals surface area (Å²) in [5.41, 5.74) is 12.7. The Morgan fingerprint density at radius 2 is 1.88 bits per heavy atom. The molecule has 0 radical (unpaired) electrons. The van der Waals surface area contributed by atoms with E-state index in [1.165, 1.54) is 60.9 Å². The van der Waals surface area contributed by atoms with E-state index in [0.29, 0.717) is 11.8 Å². The van der Waals surface area contributed by atoms with Crippen molar-refractivity contribution in [3.8, 4) is 0 Å². The van der Waals surface area contributed by atoms with Crippen LogP contribution in [-0.4, -0.2) is 0 Å². The van der Waals surface area contributed by atoms with Crippen molar-refractivity contribution in [2.45, 2.75) is 52.9 Å². The highest BCUT2D eigenvalue weighted by atomic mass is 14.4. The zero-order valence-electron chi connectivity index (χ0n) is 21.0. The predicted molar refractivity (Wildman–Crippen MR) is 149 cm³/mol. The Morgan fingerprint density at radius 1 is 1.06 bits per heavy atom. The summed E-state index contributed by atoms with van der Waals surface area (Å²) in [5.74, 6) is 0.718. The molecule has 172 valence electrons. The van der Waals surface area contributed by atoms with Crippen LogP contribution in [0.25, 0.3) is 16.8 Å². The second kappa shape index (κ2) is 9.26. The van der Waals surface area contributed by atoms with Crippen molar-refractivity contribution in [1.29, 1.82) is 0 Å². The van der Waals surface area contributed by atoms with Gasteiger partial charge in [-0.15, -0.1) is 0 Å². The molecule has 0 saturated heterocycles. The molecule has 0 aliphatic heterocycles. The Labute approximate surface area is 205 Å². The normalized spacial score (nSPS) is 23.0. The lowest BCUT2D eigenvalue weighted by molar-refractivity contribution is 0.555. The van der Waals surface area contributed by atoms with Crippen LogP contribution >= 0.6 is 0 Å². The molecule has 0 nitrogen and oxygen atoms in total. The maximum atomic E-state index is 4.73. The van der Waals surface area contributed by atoms with Gasteiger partial charge in [0.25, 0.3) is 0 Å². The van der Waals surface area contributed by atoms with Crippen LogP contribution in [0.15, 0.2) is 113 Å². The molecule has 2 atom stereocenters. The van der Waals surface area contributed by atoms with E-state index in [9.17, 15) is 0 Å². The monoisotopic (exact) mass is 444 g/mol. The Bertz CT molecular complexity index is 1330. The first-order chi connectivity index (χ1) is 16.5. The molecule has 1 saturated carbocycles. The van der Waals surface area contributed by atoms with Gasteiger partial charge < -0.3 is 0 Å². The van der Waals surface area contributed by atoms with E-state index in [1.807, 2.05) is 0 Å². The summed E-state index contributed by atoms with van der Waals surface area (Å²) < 4.78 is 0. The minimum atomic E-state index is 0.352. The van der Waals surface area contributed by atoms with Crippen molar-refractivity contribution < 1.29 is 0 Å². The van der Waals surface area contributed by atoms with Gasteiger partial charge in [-0.05, 0) is 76.8 Å². The summed E-state index contributed by atoms with van der Waals surface area (Å²) in [6.45, 7) is 16.1. The summed E-state index contributed by atoms with van der Waals surface area (Å²) in [4.78, 5) is 0. The fourth-order valence-electron chi connectivity index (χ4n) is 6.36. The SMILES string of the molecule is C=C(CCC)C1=C(C)C=C2CC(=Cc3c(CC)ccc4ccccc34)C(=C)C2C1C1=CC=CC1. The van der Waals surface area contributed by atoms with Crippen LogP contribution in [0.4, 0.5) is 0 Å². The summed E-state index contributed by atoms with van der Waals surface area (Å²) in [5, 5.41) is 2.65. The van der Waals surface area contributed by atoms with Gasteiger partial charge in [-0.25, -0.2) is 0 Å². The number of allylic oxidation sites excluding steroid dienone is 11. The quantitative estimate of drug-likeness (QED) is 0.416. The van der Waals surface area contributed by atoms with E-state index in [4.69, 9.17) is 6.58 Å². The number of hydrogen-bond donors (Lipinski definition) is 0. The highest BCUT2D eigenvalue weighted by Crippen LogP contribution is 2.54. The van der Waals surface area contributed by atoms with Gasteiger partial charge in [-0.2, -0.15) is 0 Å². The summed E-state index contributed by atoms with van der Waals surface area (Å²) in [7, 11) is 0. The second-order valence-electron chi connectivity index (χ2n) is 10.1. The second-order valence-corrected chi connectivity index (χ2v) is 10.1. The van der Waals surface area contributed by atoms with Crippen molar-refractivity contribution in [2.75, 3.05) is 0 Å². The molecule has 0 aromatic heterocycles. The third-order valence-electron chi connectivity index (χ3n) is 7.95. The van der Waals surface area contributed by atoms with Crippen LogP contribution in [0.2, 0.25) is 0 Å². The van der Waals surface area contributed by atoms with Crippen LogP contribution in [-0.2, 0) is 6.42 Å². The molecule has 0 heterocycles. The highest BCUT2D eigenvalue weighted by Gasteiger charge is 2.41. The molecule has 0 heteroatoms. The zero-order chi connectivity index (χ0) is 23.8. The van der Waals surface area contributed by atoms with Gasteiger partial charge in [-0.1, -0.05) is 117 Å². The van der Waals surface area contributed by atoms with Crippen LogP contribution in [0.5, 0.6) is 0 Å². The van der Waals surface area contributed by atoms with E-state index in [-0.39, 0.29) is 0 Å². The fraction of sp³-hybridized carbons (Fsp3) is 0.294. The molecular weight excluding hydrogens is 408 g/mol. The number of hydrogen-bond acceptors (Lipinski definition) is 0. The molecule has 2 aromatic rings. The zero-order valence-corrected chi connectivity index (χ0v) is 21.0. The van der Waals surface area contributed by atoms with Gasteiger partial charge in [0.1, 0.15) is 0 Å². The third kappa shape index (κ3) is 3.80. The fourth-order valence-corrected chi connectivity index (χ4v) is 6.36. The maximum Gasteiger partial charge on any atom is 0.0166 e. The van der Waals surface area contributed by atoms with Gasteiger partial charge in [0.05, 0.1) is 0 Å².